The van der Waals surface area contributed by atoms with Crippen molar-refractivity contribution in [1.82, 2.24) is 9.97 Å². The molecular formula is C28H24Cl2N2O2S. The van der Waals surface area contributed by atoms with Gasteiger partial charge in [-0.1, -0.05) is 59.6 Å². The number of thioether (sulfide) groups is 1. The molecule has 1 aliphatic carbocycles. The summed E-state index contributed by atoms with van der Waals surface area (Å²) in [7, 11) is 0. The molecule has 0 amide bonds. The lowest BCUT2D eigenvalue weighted by molar-refractivity contribution is 0.0972. The number of ether oxygens (including phenoxy) is 1. The van der Waals surface area contributed by atoms with Gasteiger partial charge in [-0.2, -0.15) is 0 Å². The van der Waals surface area contributed by atoms with Crippen molar-refractivity contribution in [1.29, 1.82) is 0 Å². The maximum absolute atomic E-state index is 12.7. The number of Topliss-reactive ketones (excluding diaryl/α,β-unsaturated/α-hetero) is 1. The fraction of sp³-hybridized carbons (Fsp3) is 0.214. The molecule has 0 bridgehead atoms. The van der Waals surface area contributed by atoms with Crippen LogP contribution in [0.15, 0.2) is 78.0 Å². The average Bonchev–Trinajstić information content (AvgIpc) is 3.38. The van der Waals surface area contributed by atoms with E-state index in [0.29, 0.717) is 28.6 Å². The summed E-state index contributed by atoms with van der Waals surface area (Å²) in [5, 5.41) is 1.23. The summed E-state index contributed by atoms with van der Waals surface area (Å²) in [5.74, 6) is 2.41. The van der Waals surface area contributed by atoms with Gasteiger partial charge >= 0.3 is 0 Å². The number of aromatic amines is 1. The number of fused-ring (bicyclic) bond motifs is 1. The summed E-state index contributed by atoms with van der Waals surface area (Å²) in [6.45, 7) is 0. The van der Waals surface area contributed by atoms with E-state index in [2.05, 4.69) is 22.1 Å². The molecule has 4 aromatic rings. The van der Waals surface area contributed by atoms with Crippen molar-refractivity contribution >= 4 is 40.7 Å². The normalized spacial score (nSPS) is 13.9. The Balaban J connectivity index is 1.52. The van der Waals surface area contributed by atoms with Crippen LogP contribution in [-0.2, 0) is 18.6 Å². The number of hydrogen-bond donors (Lipinski definition) is 1. The van der Waals surface area contributed by atoms with Crippen LogP contribution >= 0.6 is 35.0 Å². The number of halogens is 2. The number of imidazole rings is 1. The standard InChI is InChI=1S/C28H24Cl2N2O2S/c29-22-9-5-10-23(30)28(22)35-17-21-19-8-4-11-24(33)20(19)12-13-25(21)34-26(16-27-31-14-15-32-27)18-6-2-1-3-7-18/h1-3,5-7,9-10,12-15,26H,4,8,11,16-17H2,(H,31,32)/t26-/m0/s1. The number of ketones is 1. The van der Waals surface area contributed by atoms with Crippen molar-refractivity contribution in [3.8, 4) is 5.75 Å². The van der Waals surface area contributed by atoms with Gasteiger partial charge in [0.25, 0.3) is 0 Å². The van der Waals surface area contributed by atoms with Crippen molar-refractivity contribution < 1.29 is 9.53 Å². The molecule has 0 saturated carbocycles. The zero-order chi connectivity index (χ0) is 24.2. The molecule has 7 heteroatoms. The topological polar surface area (TPSA) is 55.0 Å². The lowest BCUT2D eigenvalue weighted by Crippen LogP contribution is -2.17. The molecule has 1 aliphatic rings. The minimum absolute atomic E-state index is 0.190. The first-order valence-electron chi connectivity index (χ1n) is 11.5. The molecule has 3 aromatic carbocycles. The van der Waals surface area contributed by atoms with Gasteiger partial charge in [-0.25, -0.2) is 4.98 Å². The van der Waals surface area contributed by atoms with Crippen LogP contribution in [0.1, 0.15) is 51.8 Å². The zero-order valence-corrected chi connectivity index (χ0v) is 21.3. The largest absolute Gasteiger partial charge is 0.485 e. The molecule has 0 spiro atoms. The highest BCUT2D eigenvalue weighted by molar-refractivity contribution is 7.98. The van der Waals surface area contributed by atoms with Gasteiger partial charge in [0.1, 0.15) is 17.7 Å². The lowest BCUT2D eigenvalue weighted by atomic mass is 9.87. The highest BCUT2D eigenvalue weighted by Gasteiger charge is 2.25. The molecule has 178 valence electrons. The van der Waals surface area contributed by atoms with E-state index in [4.69, 9.17) is 27.9 Å². The van der Waals surface area contributed by atoms with Crippen LogP contribution in [-0.4, -0.2) is 15.8 Å². The molecule has 0 fully saturated rings. The van der Waals surface area contributed by atoms with Crippen molar-refractivity contribution in [2.45, 2.75) is 42.4 Å². The van der Waals surface area contributed by atoms with Gasteiger partial charge in [0.2, 0.25) is 0 Å². The van der Waals surface area contributed by atoms with E-state index in [9.17, 15) is 4.79 Å². The summed E-state index contributed by atoms with van der Waals surface area (Å²) in [6, 6.07) is 19.5. The summed E-state index contributed by atoms with van der Waals surface area (Å²) >= 11 is 14.5. The minimum Gasteiger partial charge on any atom is -0.485 e. The fourth-order valence-corrected chi connectivity index (χ4v) is 6.19. The van der Waals surface area contributed by atoms with Gasteiger partial charge in [0.05, 0.1) is 10.0 Å². The predicted molar refractivity (Wildman–Crippen MR) is 142 cm³/mol. The van der Waals surface area contributed by atoms with Gasteiger partial charge in [0, 0.05) is 47.0 Å². The molecule has 0 aliphatic heterocycles. The molecule has 35 heavy (non-hydrogen) atoms. The second kappa shape index (κ2) is 10.9. The predicted octanol–water partition coefficient (Wildman–Crippen LogP) is 7.89. The fourth-order valence-electron chi connectivity index (χ4n) is 4.45. The average molecular weight is 523 g/mol. The molecule has 1 N–H and O–H groups in total. The van der Waals surface area contributed by atoms with E-state index < -0.39 is 0 Å². The SMILES string of the molecule is O=C1CCCc2c1ccc(O[C@@H](Cc1ncc[nH]1)c1ccccc1)c2CSc1c(Cl)cccc1Cl. The molecular weight excluding hydrogens is 499 g/mol. The minimum atomic E-state index is -0.243. The Morgan fingerprint density at radius 3 is 2.54 bits per heavy atom. The van der Waals surface area contributed by atoms with E-state index in [0.717, 1.165) is 51.6 Å². The Bertz CT molecular complexity index is 1310. The summed E-state index contributed by atoms with van der Waals surface area (Å²) in [5.41, 5.74) is 3.95. The number of benzene rings is 3. The van der Waals surface area contributed by atoms with Crippen LogP contribution in [0.3, 0.4) is 0 Å². The highest BCUT2D eigenvalue weighted by atomic mass is 35.5. The zero-order valence-electron chi connectivity index (χ0n) is 19.0. The van der Waals surface area contributed by atoms with E-state index in [1.807, 2.05) is 54.7 Å². The van der Waals surface area contributed by atoms with Crippen LogP contribution in [0.4, 0.5) is 0 Å². The molecule has 1 aromatic heterocycles. The van der Waals surface area contributed by atoms with Crippen LogP contribution in [0.5, 0.6) is 5.75 Å². The van der Waals surface area contributed by atoms with Crippen LogP contribution in [0, 0.1) is 0 Å². The van der Waals surface area contributed by atoms with Gasteiger partial charge < -0.3 is 9.72 Å². The molecule has 0 unspecified atom stereocenters. The Labute approximate surface area is 219 Å². The van der Waals surface area contributed by atoms with E-state index in [1.54, 1.807) is 18.0 Å². The number of aromatic nitrogens is 2. The maximum Gasteiger partial charge on any atom is 0.163 e. The van der Waals surface area contributed by atoms with Gasteiger partial charge in [-0.15, -0.1) is 11.8 Å². The maximum atomic E-state index is 12.7. The van der Waals surface area contributed by atoms with Crippen molar-refractivity contribution in [2.24, 2.45) is 0 Å². The number of H-pyrrole nitrogens is 1. The van der Waals surface area contributed by atoms with Gasteiger partial charge in [-0.3, -0.25) is 4.79 Å². The first-order valence-corrected chi connectivity index (χ1v) is 13.3. The van der Waals surface area contributed by atoms with Gasteiger partial charge in [-0.05, 0) is 48.2 Å². The van der Waals surface area contributed by atoms with Crippen LogP contribution in [0.2, 0.25) is 10.0 Å². The molecule has 0 saturated heterocycles. The Hall–Kier alpha value is -2.73. The molecule has 1 atom stereocenters. The third-order valence-electron chi connectivity index (χ3n) is 6.17. The monoisotopic (exact) mass is 522 g/mol. The van der Waals surface area contributed by atoms with E-state index in [1.165, 1.54) is 0 Å². The van der Waals surface area contributed by atoms with Crippen LogP contribution in [0.25, 0.3) is 0 Å². The van der Waals surface area contributed by atoms with E-state index in [-0.39, 0.29) is 11.9 Å². The quantitative estimate of drug-likeness (QED) is 0.239. The molecule has 1 heterocycles. The molecule has 4 nitrogen and oxygen atoms in total. The molecule has 5 rings (SSSR count). The van der Waals surface area contributed by atoms with Crippen molar-refractivity contribution in [3.63, 3.8) is 0 Å². The van der Waals surface area contributed by atoms with Gasteiger partial charge in [0.15, 0.2) is 5.78 Å². The smallest absolute Gasteiger partial charge is 0.163 e. The third-order valence-corrected chi connectivity index (χ3v) is 8.19. The number of carbonyl (C=O) groups is 1. The van der Waals surface area contributed by atoms with E-state index >= 15 is 0 Å². The number of rotatable bonds is 8. The third kappa shape index (κ3) is 5.43. The summed E-state index contributed by atoms with van der Waals surface area (Å²) in [4.78, 5) is 21.1. The molecule has 0 radical (unpaired) electrons. The number of nitrogens with zero attached hydrogens (tertiary/aromatic N) is 1. The second-order valence-electron chi connectivity index (χ2n) is 8.44. The highest BCUT2D eigenvalue weighted by Crippen LogP contribution is 2.41. The van der Waals surface area contributed by atoms with Crippen molar-refractivity contribution in [3.05, 3.63) is 111 Å². The Morgan fingerprint density at radius 1 is 1.00 bits per heavy atom. The first-order chi connectivity index (χ1) is 17.1. The number of hydrogen-bond acceptors (Lipinski definition) is 4. The number of carbonyl (C=O) groups excluding carboxylic acids is 1. The summed E-state index contributed by atoms with van der Waals surface area (Å²) < 4.78 is 6.70. The number of nitrogens with one attached hydrogen (secondary N) is 1. The lowest BCUT2D eigenvalue weighted by Gasteiger charge is -2.25. The Morgan fingerprint density at radius 2 is 1.80 bits per heavy atom. The van der Waals surface area contributed by atoms with Crippen LogP contribution < -0.4 is 4.74 Å². The van der Waals surface area contributed by atoms with Crippen molar-refractivity contribution in [2.75, 3.05) is 0 Å². The second-order valence-corrected chi connectivity index (χ2v) is 10.2. The summed E-state index contributed by atoms with van der Waals surface area (Å²) in [6.07, 6.45) is 6.19. The Kier molecular flexibility index (Phi) is 7.47. The first kappa shape index (κ1) is 24.0.